The Bertz CT molecular complexity index is 454. The van der Waals surface area contributed by atoms with Crippen molar-refractivity contribution in [3.63, 3.8) is 0 Å². The highest BCUT2D eigenvalue weighted by atomic mass is 32.2. The highest BCUT2D eigenvalue weighted by molar-refractivity contribution is 7.89. The Morgan fingerprint density at radius 1 is 1.24 bits per heavy atom. The number of nitrogens with zero attached hydrogens (tertiary/aromatic N) is 1. The number of aliphatic hydroxyl groups is 1. The van der Waals surface area contributed by atoms with Gasteiger partial charge in [-0.05, 0) is 31.4 Å². The van der Waals surface area contributed by atoms with Gasteiger partial charge in [0, 0.05) is 19.2 Å². The standard InChI is InChI=1S/C12H17NO3S/c14-10-4-9-13(11-7-8-11)17(15,16)12-5-2-1-3-6-12/h1-3,5-6,11,14H,4,7-10H2. The zero-order valence-electron chi connectivity index (χ0n) is 9.62. The van der Waals surface area contributed by atoms with Gasteiger partial charge in [0.25, 0.3) is 0 Å². The molecule has 1 aliphatic rings. The average molecular weight is 255 g/mol. The summed E-state index contributed by atoms with van der Waals surface area (Å²) in [6, 6.07) is 8.61. The molecule has 1 saturated carbocycles. The van der Waals surface area contributed by atoms with Gasteiger partial charge in [0.1, 0.15) is 0 Å². The molecule has 2 rings (SSSR count). The largest absolute Gasteiger partial charge is 0.396 e. The molecule has 94 valence electrons. The second-order valence-corrected chi connectivity index (χ2v) is 6.13. The van der Waals surface area contributed by atoms with Crippen LogP contribution in [0.2, 0.25) is 0 Å². The Morgan fingerprint density at radius 2 is 1.88 bits per heavy atom. The van der Waals surface area contributed by atoms with Gasteiger partial charge in [-0.2, -0.15) is 4.31 Å². The van der Waals surface area contributed by atoms with E-state index in [1.165, 1.54) is 4.31 Å². The van der Waals surface area contributed by atoms with E-state index in [-0.39, 0.29) is 12.6 Å². The van der Waals surface area contributed by atoms with E-state index < -0.39 is 10.0 Å². The van der Waals surface area contributed by atoms with E-state index in [0.717, 1.165) is 12.8 Å². The zero-order chi connectivity index (χ0) is 12.3. The molecule has 0 atom stereocenters. The third-order valence-electron chi connectivity index (χ3n) is 2.84. The van der Waals surface area contributed by atoms with Gasteiger partial charge in [-0.25, -0.2) is 8.42 Å². The lowest BCUT2D eigenvalue weighted by Crippen LogP contribution is -2.34. The number of benzene rings is 1. The van der Waals surface area contributed by atoms with Crippen LogP contribution in [-0.2, 0) is 10.0 Å². The summed E-state index contributed by atoms with van der Waals surface area (Å²) in [5.41, 5.74) is 0. The fourth-order valence-electron chi connectivity index (χ4n) is 1.82. The first-order valence-electron chi connectivity index (χ1n) is 5.84. The lowest BCUT2D eigenvalue weighted by Gasteiger charge is -2.21. The minimum Gasteiger partial charge on any atom is -0.396 e. The van der Waals surface area contributed by atoms with Gasteiger partial charge in [-0.15, -0.1) is 0 Å². The van der Waals surface area contributed by atoms with E-state index in [1.807, 2.05) is 0 Å². The molecule has 0 amide bonds. The normalized spacial score (nSPS) is 16.4. The molecule has 0 saturated heterocycles. The van der Waals surface area contributed by atoms with Gasteiger partial charge in [-0.1, -0.05) is 18.2 Å². The highest BCUT2D eigenvalue weighted by Gasteiger charge is 2.37. The minimum absolute atomic E-state index is 0.0214. The molecule has 0 aromatic heterocycles. The first-order valence-corrected chi connectivity index (χ1v) is 7.28. The van der Waals surface area contributed by atoms with Gasteiger partial charge < -0.3 is 5.11 Å². The molecule has 5 heteroatoms. The van der Waals surface area contributed by atoms with Gasteiger partial charge in [0.2, 0.25) is 10.0 Å². The quantitative estimate of drug-likeness (QED) is 0.831. The van der Waals surface area contributed by atoms with Crippen LogP contribution in [0.25, 0.3) is 0 Å². The summed E-state index contributed by atoms with van der Waals surface area (Å²) in [4.78, 5) is 0.338. The van der Waals surface area contributed by atoms with Crippen molar-refractivity contribution in [1.29, 1.82) is 0 Å². The molecular weight excluding hydrogens is 238 g/mol. The van der Waals surface area contributed by atoms with Crippen LogP contribution in [0.3, 0.4) is 0 Å². The Kier molecular flexibility index (Phi) is 3.81. The van der Waals surface area contributed by atoms with E-state index in [1.54, 1.807) is 30.3 Å². The van der Waals surface area contributed by atoms with Crippen LogP contribution in [0.4, 0.5) is 0 Å². The monoisotopic (exact) mass is 255 g/mol. The van der Waals surface area contributed by atoms with Crippen molar-refractivity contribution < 1.29 is 13.5 Å². The topological polar surface area (TPSA) is 57.6 Å². The first-order chi connectivity index (χ1) is 8.16. The molecule has 1 aromatic carbocycles. The van der Waals surface area contributed by atoms with Crippen LogP contribution >= 0.6 is 0 Å². The van der Waals surface area contributed by atoms with Gasteiger partial charge >= 0.3 is 0 Å². The molecular formula is C12H17NO3S. The zero-order valence-corrected chi connectivity index (χ0v) is 10.4. The van der Waals surface area contributed by atoms with E-state index in [2.05, 4.69) is 0 Å². The molecule has 1 aliphatic carbocycles. The number of rotatable bonds is 6. The van der Waals surface area contributed by atoms with E-state index >= 15 is 0 Å². The summed E-state index contributed by atoms with van der Waals surface area (Å²) in [7, 11) is -3.39. The number of hydrogen-bond donors (Lipinski definition) is 1. The van der Waals surface area contributed by atoms with Gasteiger partial charge in [0.05, 0.1) is 4.90 Å². The van der Waals surface area contributed by atoms with Crippen molar-refractivity contribution >= 4 is 10.0 Å². The smallest absolute Gasteiger partial charge is 0.243 e. The summed E-state index contributed by atoms with van der Waals surface area (Å²) in [6.45, 7) is 0.423. The van der Waals surface area contributed by atoms with Gasteiger partial charge in [0.15, 0.2) is 0 Å². The van der Waals surface area contributed by atoms with Crippen molar-refractivity contribution in [2.75, 3.05) is 13.2 Å². The molecule has 0 unspecified atom stereocenters. The van der Waals surface area contributed by atoms with Crippen LogP contribution in [0, 0.1) is 0 Å². The Morgan fingerprint density at radius 3 is 2.41 bits per heavy atom. The van der Waals surface area contributed by atoms with E-state index in [4.69, 9.17) is 5.11 Å². The minimum atomic E-state index is -3.39. The fraction of sp³-hybridized carbons (Fsp3) is 0.500. The second kappa shape index (κ2) is 5.16. The Hall–Kier alpha value is -0.910. The molecule has 0 radical (unpaired) electrons. The Balaban J connectivity index is 2.22. The van der Waals surface area contributed by atoms with Crippen molar-refractivity contribution in [2.45, 2.75) is 30.2 Å². The SMILES string of the molecule is O=S(=O)(c1ccccc1)N(CCCO)C1CC1. The predicted molar refractivity (Wildman–Crippen MR) is 65.1 cm³/mol. The first kappa shape index (κ1) is 12.5. The van der Waals surface area contributed by atoms with E-state index in [9.17, 15) is 8.42 Å². The summed E-state index contributed by atoms with van der Waals surface area (Å²) in [5, 5.41) is 8.83. The summed E-state index contributed by atoms with van der Waals surface area (Å²) >= 11 is 0. The van der Waals surface area contributed by atoms with Crippen molar-refractivity contribution in [1.82, 2.24) is 4.31 Å². The van der Waals surface area contributed by atoms with Crippen molar-refractivity contribution in [3.05, 3.63) is 30.3 Å². The highest BCUT2D eigenvalue weighted by Crippen LogP contribution is 2.31. The lowest BCUT2D eigenvalue weighted by atomic mass is 10.4. The maximum absolute atomic E-state index is 12.4. The van der Waals surface area contributed by atoms with Crippen molar-refractivity contribution in [3.8, 4) is 0 Å². The second-order valence-electron chi connectivity index (χ2n) is 4.24. The maximum atomic E-state index is 12.4. The third kappa shape index (κ3) is 2.86. The molecule has 4 nitrogen and oxygen atoms in total. The summed E-state index contributed by atoms with van der Waals surface area (Å²) in [5.74, 6) is 0. The molecule has 0 spiro atoms. The van der Waals surface area contributed by atoms with Gasteiger partial charge in [-0.3, -0.25) is 0 Å². The Labute approximate surface area is 102 Å². The number of hydrogen-bond acceptors (Lipinski definition) is 3. The van der Waals surface area contributed by atoms with Crippen LogP contribution in [0.5, 0.6) is 0 Å². The average Bonchev–Trinajstić information content (AvgIpc) is 3.15. The maximum Gasteiger partial charge on any atom is 0.243 e. The molecule has 0 bridgehead atoms. The molecule has 1 N–H and O–H groups in total. The van der Waals surface area contributed by atoms with Crippen LogP contribution in [0.1, 0.15) is 19.3 Å². The molecule has 0 heterocycles. The third-order valence-corrected chi connectivity index (χ3v) is 4.81. The van der Waals surface area contributed by atoms with Crippen molar-refractivity contribution in [2.24, 2.45) is 0 Å². The van der Waals surface area contributed by atoms with Crippen LogP contribution in [0.15, 0.2) is 35.2 Å². The summed E-state index contributed by atoms with van der Waals surface area (Å²) < 4.78 is 26.3. The molecule has 17 heavy (non-hydrogen) atoms. The van der Waals surface area contributed by atoms with Crippen LogP contribution < -0.4 is 0 Å². The van der Waals surface area contributed by atoms with E-state index in [0.29, 0.717) is 17.9 Å². The van der Waals surface area contributed by atoms with Crippen LogP contribution in [-0.4, -0.2) is 37.0 Å². The number of aliphatic hydroxyl groups excluding tert-OH is 1. The molecule has 0 aliphatic heterocycles. The fourth-order valence-corrected chi connectivity index (χ4v) is 3.56. The summed E-state index contributed by atoms with van der Waals surface area (Å²) in [6.07, 6.45) is 2.34. The predicted octanol–water partition coefficient (Wildman–Crippen LogP) is 1.22. The molecule has 1 fully saturated rings. The lowest BCUT2D eigenvalue weighted by molar-refractivity contribution is 0.267. The molecule has 1 aromatic rings. The number of sulfonamides is 1.